The largest absolute Gasteiger partial charge is 0.313 e. The minimum absolute atomic E-state index is 0.558. The second kappa shape index (κ2) is 8.73. The number of hydrogen-bond acceptors (Lipinski definition) is 3. The van der Waals surface area contributed by atoms with Crippen molar-refractivity contribution in [3.05, 3.63) is 51.7 Å². The predicted octanol–water partition coefficient (Wildman–Crippen LogP) is 5.10. The molecule has 108 valence electrons. The molecule has 4 heteroatoms. The summed E-state index contributed by atoms with van der Waals surface area (Å²) >= 11 is 9.66. The highest BCUT2D eigenvalue weighted by Gasteiger charge is 2.09. The fourth-order valence-electron chi connectivity index (χ4n) is 2.03. The topological polar surface area (TPSA) is 12.0 Å². The third-order valence-electron chi connectivity index (χ3n) is 3.08. The zero-order valence-corrected chi connectivity index (χ0v) is 14.0. The molecule has 0 fully saturated rings. The summed E-state index contributed by atoms with van der Waals surface area (Å²) in [4.78, 5) is 2.76. The molecule has 1 atom stereocenters. The summed E-state index contributed by atoms with van der Waals surface area (Å²) < 4.78 is 0. The molecule has 0 saturated heterocycles. The fraction of sp³-hybridized carbons (Fsp3) is 0.375. The van der Waals surface area contributed by atoms with Gasteiger partial charge in [-0.15, -0.1) is 23.1 Å². The lowest BCUT2D eigenvalue weighted by molar-refractivity contribution is 0.539. The number of halogens is 1. The Hall–Kier alpha value is -0.480. The van der Waals surface area contributed by atoms with E-state index in [4.69, 9.17) is 11.6 Å². The highest BCUT2D eigenvalue weighted by molar-refractivity contribution is 7.99. The number of benzene rings is 1. The van der Waals surface area contributed by atoms with E-state index in [2.05, 4.69) is 41.9 Å². The van der Waals surface area contributed by atoms with Crippen LogP contribution >= 0.6 is 34.7 Å². The van der Waals surface area contributed by atoms with Crippen LogP contribution < -0.4 is 5.32 Å². The van der Waals surface area contributed by atoms with Gasteiger partial charge in [0, 0.05) is 26.6 Å². The molecular formula is C16H20ClNS2. The van der Waals surface area contributed by atoms with Crippen molar-refractivity contribution in [1.82, 2.24) is 5.32 Å². The second-order valence-corrected chi connectivity index (χ2v) is 7.20. The van der Waals surface area contributed by atoms with Gasteiger partial charge in [-0.25, -0.2) is 0 Å². The molecule has 2 aromatic rings. The average Bonchev–Trinajstić information content (AvgIpc) is 2.97. The molecular weight excluding hydrogens is 306 g/mol. The quantitative estimate of drug-likeness (QED) is 0.677. The molecule has 0 radical (unpaired) electrons. The van der Waals surface area contributed by atoms with Crippen LogP contribution in [0.15, 0.2) is 46.7 Å². The number of rotatable bonds is 8. The Morgan fingerprint density at radius 2 is 2.05 bits per heavy atom. The molecule has 1 N–H and O–H groups in total. The van der Waals surface area contributed by atoms with Crippen LogP contribution in [0.5, 0.6) is 0 Å². The normalized spacial score (nSPS) is 12.5. The first-order chi connectivity index (χ1) is 9.78. The summed E-state index contributed by atoms with van der Waals surface area (Å²) in [7, 11) is 0. The lowest BCUT2D eigenvalue weighted by atomic mass is 10.1. The van der Waals surface area contributed by atoms with Gasteiger partial charge >= 0.3 is 0 Å². The van der Waals surface area contributed by atoms with Gasteiger partial charge in [0.15, 0.2) is 0 Å². The first-order valence-electron chi connectivity index (χ1n) is 6.92. The summed E-state index contributed by atoms with van der Waals surface area (Å²) in [6, 6.07) is 13.0. The van der Waals surface area contributed by atoms with Crippen LogP contribution in [0.2, 0.25) is 5.02 Å². The van der Waals surface area contributed by atoms with Gasteiger partial charge in [0.2, 0.25) is 0 Å². The van der Waals surface area contributed by atoms with E-state index in [0.717, 1.165) is 23.7 Å². The predicted molar refractivity (Wildman–Crippen MR) is 92.3 cm³/mol. The number of hydrogen-bond donors (Lipinski definition) is 1. The Morgan fingerprint density at radius 1 is 1.25 bits per heavy atom. The second-order valence-electron chi connectivity index (χ2n) is 4.64. The monoisotopic (exact) mass is 325 g/mol. The molecule has 0 spiro atoms. The molecule has 1 aromatic heterocycles. The third kappa shape index (κ3) is 5.49. The lowest BCUT2D eigenvalue weighted by Gasteiger charge is -2.17. The van der Waals surface area contributed by atoms with Crippen molar-refractivity contribution in [2.24, 2.45) is 0 Å². The Morgan fingerprint density at radius 3 is 2.70 bits per heavy atom. The average molecular weight is 326 g/mol. The van der Waals surface area contributed by atoms with Crippen LogP contribution in [0.25, 0.3) is 0 Å². The van der Waals surface area contributed by atoms with Gasteiger partial charge in [-0.3, -0.25) is 0 Å². The van der Waals surface area contributed by atoms with Crippen molar-refractivity contribution < 1.29 is 0 Å². The van der Waals surface area contributed by atoms with E-state index in [9.17, 15) is 0 Å². The van der Waals surface area contributed by atoms with Crippen molar-refractivity contribution in [1.29, 1.82) is 0 Å². The standard InChI is InChI=1S/C16H20ClNS2/c1-2-18-14(7-10-15-4-3-11-19-15)12-20-16-8-5-13(17)6-9-16/h3-6,8-9,11,14,18H,2,7,10,12H2,1H3. The highest BCUT2D eigenvalue weighted by Crippen LogP contribution is 2.22. The van der Waals surface area contributed by atoms with Crippen molar-refractivity contribution in [2.75, 3.05) is 12.3 Å². The molecule has 1 nitrogen and oxygen atoms in total. The van der Waals surface area contributed by atoms with E-state index < -0.39 is 0 Å². The minimum Gasteiger partial charge on any atom is -0.313 e. The Balaban J connectivity index is 1.80. The molecule has 1 aromatic carbocycles. The van der Waals surface area contributed by atoms with E-state index >= 15 is 0 Å². The number of aryl methyl sites for hydroxylation is 1. The molecule has 0 saturated carbocycles. The maximum atomic E-state index is 5.91. The Labute approximate surface area is 134 Å². The van der Waals surface area contributed by atoms with E-state index in [0.29, 0.717) is 6.04 Å². The van der Waals surface area contributed by atoms with Gasteiger partial charge in [0.1, 0.15) is 0 Å². The van der Waals surface area contributed by atoms with Gasteiger partial charge < -0.3 is 5.32 Å². The maximum Gasteiger partial charge on any atom is 0.0406 e. The van der Waals surface area contributed by atoms with Crippen LogP contribution in [-0.4, -0.2) is 18.3 Å². The van der Waals surface area contributed by atoms with Gasteiger partial charge in [-0.05, 0) is 55.1 Å². The highest BCUT2D eigenvalue weighted by atomic mass is 35.5. The molecule has 0 aliphatic carbocycles. The van der Waals surface area contributed by atoms with Crippen LogP contribution in [0.1, 0.15) is 18.2 Å². The van der Waals surface area contributed by atoms with Crippen molar-refractivity contribution >= 4 is 34.7 Å². The molecule has 2 rings (SSSR count). The van der Waals surface area contributed by atoms with Crippen molar-refractivity contribution in [2.45, 2.75) is 30.7 Å². The van der Waals surface area contributed by atoms with Gasteiger partial charge in [-0.1, -0.05) is 24.6 Å². The van der Waals surface area contributed by atoms with Crippen molar-refractivity contribution in [3.63, 3.8) is 0 Å². The molecule has 20 heavy (non-hydrogen) atoms. The van der Waals surface area contributed by atoms with E-state index in [1.54, 1.807) is 0 Å². The van der Waals surface area contributed by atoms with Crippen LogP contribution in [0.4, 0.5) is 0 Å². The first-order valence-corrected chi connectivity index (χ1v) is 9.16. The van der Waals surface area contributed by atoms with Gasteiger partial charge in [-0.2, -0.15) is 0 Å². The SMILES string of the molecule is CCNC(CCc1cccs1)CSc1ccc(Cl)cc1. The molecule has 0 aliphatic heterocycles. The number of nitrogens with one attached hydrogen (secondary N) is 1. The van der Waals surface area contributed by atoms with Crippen molar-refractivity contribution in [3.8, 4) is 0 Å². The molecule has 0 aliphatic rings. The van der Waals surface area contributed by atoms with E-state index in [-0.39, 0.29) is 0 Å². The third-order valence-corrected chi connectivity index (χ3v) is 5.44. The lowest BCUT2D eigenvalue weighted by Crippen LogP contribution is -2.31. The van der Waals surface area contributed by atoms with Crippen LogP contribution in [-0.2, 0) is 6.42 Å². The summed E-state index contributed by atoms with van der Waals surface area (Å²) in [5.74, 6) is 1.10. The zero-order valence-electron chi connectivity index (χ0n) is 11.6. The first kappa shape index (κ1) is 15.9. The van der Waals surface area contributed by atoms with Gasteiger partial charge in [0.25, 0.3) is 0 Å². The van der Waals surface area contributed by atoms with E-state index in [1.807, 2.05) is 35.2 Å². The molecule has 1 heterocycles. The zero-order chi connectivity index (χ0) is 14.2. The number of thiophene rings is 1. The Kier molecular flexibility index (Phi) is 6.94. The summed E-state index contributed by atoms with van der Waals surface area (Å²) in [5, 5.41) is 6.54. The maximum absolute atomic E-state index is 5.91. The van der Waals surface area contributed by atoms with Gasteiger partial charge in [0.05, 0.1) is 0 Å². The fourth-order valence-corrected chi connectivity index (χ4v) is 3.89. The van der Waals surface area contributed by atoms with E-state index in [1.165, 1.54) is 16.2 Å². The summed E-state index contributed by atoms with van der Waals surface area (Å²) in [5.41, 5.74) is 0. The van der Waals surface area contributed by atoms with Crippen LogP contribution in [0.3, 0.4) is 0 Å². The summed E-state index contributed by atoms with van der Waals surface area (Å²) in [6.07, 6.45) is 2.35. The molecule has 0 bridgehead atoms. The van der Waals surface area contributed by atoms with Crippen LogP contribution in [0, 0.1) is 0 Å². The molecule has 0 amide bonds. The minimum atomic E-state index is 0.558. The molecule has 1 unspecified atom stereocenters. The number of thioether (sulfide) groups is 1. The summed E-state index contributed by atoms with van der Waals surface area (Å²) in [6.45, 7) is 3.20. The smallest absolute Gasteiger partial charge is 0.0406 e. The Bertz CT molecular complexity index is 482.